The largest absolute Gasteiger partial charge is 0.306 e. The molecule has 0 saturated heterocycles. The third kappa shape index (κ3) is 6.00. The van der Waals surface area contributed by atoms with Crippen LogP contribution in [0.1, 0.15) is 5.56 Å². The molecule has 0 atom stereocenters. The van der Waals surface area contributed by atoms with Crippen LogP contribution in [0.2, 0.25) is 0 Å². The van der Waals surface area contributed by atoms with E-state index in [9.17, 15) is 11.8 Å². The number of thiophene rings is 2. The maximum absolute atomic E-state index is 12.3. The number of fused-ring (bicyclic) bond motifs is 11. The Labute approximate surface area is 394 Å². The maximum Gasteiger partial charge on any atom is 0.205 e. The molecule has 310 valence electrons. The molecule has 0 bridgehead atoms. The zero-order valence-electron chi connectivity index (χ0n) is 35.9. The summed E-state index contributed by atoms with van der Waals surface area (Å²) in [5.41, 5.74) is 12.7. The van der Waals surface area contributed by atoms with Crippen LogP contribution in [0.3, 0.4) is 0 Å². The molecule has 0 aliphatic carbocycles. The normalized spacial score (nSPS) is 11.6. The first kappa shape index (κ1) is 38.8. The smallest absolute Gasteiger partial charge is 0.205 e. The lowest BCUT2D eigenvalue weighted by Gasteiger charge is -2.25. The summed E-state index contributed by atoms with van der Waals surface area (Å²) in [6, 6.07) is 77.2. The van der Waals surface area contributed by atoms with Crippen molar-refractivity contribution in [2.24, 2.45) is 0 Å². The molecule has 0 unspecified atom stereocenters. The fourth-order valence-electron chi connectivity index (χ4n) is 10.4. The van der Waals surface area contributed by atoms with E-state index in [1.165, 1.54) is 30.9 Å². The average Bonchev–Trinajstić information content (AvgIpc) is 4.08. The summed E-state index contributed by atoms with van der Waals surface area (Å²) >= 11 is 3.58. The molecule has 0 amide bonds. The monoisotopic (exact) mass is 885 g/mol. The van der Waals surface area contributed by atoms with Crippen molar-refractivity contribution in [2.45, 2.75) is 0 Å². The Balaban J connectivity index is 1.30. The van der Waals surface area contributed by atoms with Gasteiger partial charge in [-0.2, -0.15) is 5.26 Å². The summed E-state index contributed by atoms with van der Waals surface area (Å²) in [5, 5.41) is 19.2. The minimum Gasteiger partial charge on any atom is -0.306 e. The topological polar surface area (TPSA) is 33.1 Å². The molecule has 67 heavy (non-hydrogen) atoms. The van der Waals surface area contributed by atoms with Crippen LogP contribution in [0.25, 0.3) is 128 Å². The molecule has 0 aliphatic rings. The zero-order valence-corrected chi connectivity index (χ0v) is 37.5. The van der Waals surface area contributed by atoms with Crippen molar-refractivity contribution in [1.29, 1.82) is 5.26 Å². The number of nitrogens with zero attached hydrogens (tertiary/aromatic N) is 3. The quantitative estimate of drug-likeness (QED) is 0.153. The van der Waals surface area contributed by atoms with Gasteiger partial charge in [-0.1, -0.05) is 182 Å². The van der Waals surface area contributed by atoms with Crippen LogP contribution in [0.15, 0.2) is 212 Å². The van der Waals surface area contributed by atoms with Crippen molar-refractivity contribution >= 4 is 90.5 Å². The van der Waals surface area contributed by atoms with Crippen molar-refractivity contribution in [2.75, 3.05) is 0 Å². The summed E-state index contributed by atoms with van der Waals surface area (Å²) in [6.45, 7) is 9.36. The molecular formula is C62H35N3S2. The van der Waals surface area contributed by atoms with E-state index in [0.717, 1.165) is 86.8 Å². The number of rotatable bonds is 6. The Kier molecular flexibility index (Phi) is 9.01. The van der Waals surface area contributed by atoms with E-state index in [-0.39, 0.29) is 0 Å². The van der Waals surface area contributed by atoms with Gasteiger partial charge in [-0.05, 0) is 80.4 Å². The van der Waals surface area contributed by atoms with Crippen LogP contribution >= 0.6 is 22.7 Å². The molecular weight excluding hydrogens is 851 g/mol. The Morgan fingerprint density at radius 1 is 0.388 bits per heavy atom. The van der Waals surface area contributed by atoms with Crippen molar-refractivity contribution < 1.29 is 0 Å². The first-order valence-electron chi connectivity index (χ1n) is 22.3. The van der Waals surface area contributed by atoms with Gasteiger partial charge in [0, 0.05) is 47.3 Å². The predicted octanol–water partition coefficient (Wildman–Crippen LogP) is 18.3. The molecule has 13 rings (SSSR count). The molecule has 0 saturated carbocycles. The summed E-state index contributed by atoms with van der Waals surface area (Å²) in [6.07, 6.45) is 0. The van der Waals surface area contributed by atoms with Gasteiger partial charge in [0.2, 0.25) is 5.69 Å². The molecule has 0 radical (unpaired) electrons. The second kappa shape index (κ2) is 15.5. The summed E-state index contributed by atoms with van der Waals surface area (Å²) in [7, 11) is 0. The first-order chi connectivity index (χ1) is 33.2. The fraction of sp³-hybridized carbons (Fsp3) is 0. The van der Waals surface area contributed by atoms with Gasteiger partial charge in [0.1, 0.15) is 6.07 Å². The highest BCUT2D eigenvalue weighted by Gasteiger charge is 2.32. The molecule has 0 fully saturated rings. The number of benzene rings is 10. The standard InChI is InChI=1S/C62H35N3S2/c1-64-57-55(40-22-10-4-11-23-40)54(44-35-42(38-18-6-2-7-19-38)34-43(36-44)39-20-8-3-9-21-39)51(37-63)58(56(57)41-24-12-5-13-25-41)65-59-47(30-32-49-45-26-14-16-28-52(45)66-61(49)59)48-31-33-50-46-27-15-17-29-53(46)67-62(50)60(48)65/h2-36H. The van der Waals surface area contributed by atoms with Crippen LogP contribution in [0.4, 0.5) is 5.69 Å². The molecule has 3 nitrogen and oxygen atoms in total. The number of aromatic nitrogens is 1. The number of hydrogen-bond donors (Lipinski definition) is 0. The van der Waals surface area contributed by atoms with E-state index in [0.29, 0.717) is 16.9 Å². The van der Waals surface area contributed by atoms with Crippen molar-refractivity contribution in [1.82, 2.24) is 4.57 Å². The highest BCUT2D eigenvalue weighted by Crippen LogP contribution is 2.55. The lowest BCUT2D eigenvalue weighted by atomic mass is 9.82. The summed E-state index contributed by atoms with van der Waals surface area (Å²) in [5.74, 6) is 0. The summed E-state index contributed by atoms with van der Waals surface area (Å²) < 4.78 is 7.08. The Bertz CT molecular complexity index is 4020. The van der Waals surface area contributed by atoms with Gasteiger partial charge in [0.25, 0.3) is 0 Å². The minimum absolute atomic E-state index is 0.495. The third-order valence-corrected chi connectivity index (χ3v) is 15.6. The van der Waals surface area contributed by atoms with Crippen molar-refractivity contribution in [3.63, 3.8) is 0 Å². The van der Waals surface area contributed by atoms with E-state index < -0.39 is 0 Å². The summed E-state index contributed by atoms with van der Waals surface area (Å²) in [4.78, 5) is 4.60. The van der Waals surface area contributed by atoms with Gasteiger partial charge in [0.15, 0.2) is 0 Å². The van der Waals surface area contributed by atoms with Crippen molar-refractivity contribution in [3.8, 4) is 67.4 Å². The van der Waals surface area contributed by atoms with Crippen molar-refractivity contribution in [3.05, 3.63) is 229 Å². The van der Waals surface area contributed by atoms with Gasteiger partial charge in [-0.3, -0.25) is 0 Å². The molecule has 0 N–H and O–H groups in total. The van der Waals surface area contributed by atoms with Crippen LogP contribution in [0, 0.1) is 17.9 Å². The van der Waals surface area contributed by atoms with Gasteiger partial charge in [0.05, 0.1) is 38.3 Å². The van der Waals surface area contributed by atoms with Crippen LogP contribution in [0.5, 0.6) is 0 Å². The lowest BCUT2D eigenvalue weighted by molar-refractivity contribution is 1.19. The van der Waals surface area contributed by atoms with Gasteiger partial charge in [-0.15, -0.1) is 22.7 Å². The van der Waals surface area contributed by atoms with Crippen LogP contribution in [-0.2, 0) is 0 Å². The van der Waals surface area contributed by atoms with E-state index in [4.69, 9.17) is 0 Å². The SMILES string of the molecule is [C-]#[N+]c1c(-c2ccccc2)c(-c2cc(-c3ccccc3)cc(-c3ccccc3)c2)c(C#N)c(-n2c3c(ccc4c5ccccc5sc43)c3ccc4c5ccccc5sc4c32)c1-c1ccccc1. The first-order valence-corrected chi connectivity index (χ1v) is 23.9. The molecule has 10 aromatic carbocycles. The Morgan fingerprint density at radius 2 is 0.791 bits per heavy atom. The number of hydrogen-bond acceptors (Lipinski definition) is 3. The Hall–Kier alpha value is -8.58. The maximum atomic E-state index is 12.3. The van der Waals surface area contributed by atoms with Gasteiger partial charge in [-0.25, -0.2) is 4.85 Å². The molecule has 5 heteroatoms. The lowest BCUT2D eigenvalue weighted by Crippen LogP contribution is -2.06. The third-order valence-electron chi connectivity index (χ3n) is 13.2. The zero-order chi connectivity index (χ0) is 44.6. The van der Waals surface area contributed by atoms with Gasteiger partial charge < -0.3 is 4.57 Å². The molecule has 3 aromatic heterocycles. The predicted molar refractivity (Wildman–Crippen MR) is 285 cm³/mol. The molecule has 13 aromatic rings. The minimum atomic E-state index is 0.495. The molecule has 0 aliphatic heterocycles. The van der Waals surface area contributed by atoms with E-state index in [1.807, 2.05) is 48.5 Å². The van der Waals surface area contributed by atoms with E-state index in [1.54, 1.807) is 22.7 Å². The molecule has 0 spiro atoms. The second-order valence-corrected chi connectivity index (χ2v) is 19.0. The van der Waals surface area contributed by atoms with Gasteiger partial charge >= 0.3 is 0 Å². The van der Waals surface area contributed by atoms with Crippen LogP contribution < -0.4 is 0 Å². The fourth-order valence-corrected chi connectivity index (χ4v) is 12.8. The second-order valence-electron chi connectivity index (χ2n) is 16.9. The number of nitriles is 1. The highest BCUT2D eigenvalue weighted by molar-refractivity contribution is 7.27. The van der Waals surface area contributed by atoms with E-state index in [2.05, 4.69) is 179 Å². The highest BCUT2D eigenvalue weighted by atomic mass is 32.1. The average molecular weight is 886 g/mol. The van der Waals surface area contributed by atoms with E-state index >= 15 is 0 Å². The Morgan fingerprint density at radius 3 is 1.25 bits per heavy atom. The van der Waals surface area contributed by atoms with Crippen LogP contribution in [-0.4, -0.2) is 4.57 Å². The molecule has 3 heterocycles.